The Morgan fingerprint density at radius 1 is 1.45 bits per heavy atom. The van der Waals surface area contributed by atoms with Gasteiger partial charge in [-0.05, 0) is 25.1 Å². The summed E-state index contributed by atoms with van der Waals surface area (Å²) in [6.07, 6.45) is 0. The lowest BCUT2D eigenvalue weighted by Gasteiger charge is -2.07. The Bertz CT molecular complexity index is 636. The number of anilines is 1. The Balaban J connectivity index is 2.08. The minimum Gasteiger partial charge on any atom is -0.494 e. The fourth-order valence-electron chi connectivity index (χ4n) is 1.77. The summed E-state index contributed by atoms with van der Waals surface area (Å²) in [7, 11) is 1.40. The summed E-state index contributed by atoms with van der Waals surface area (Å²) < 4.78 is 23.4. The number of benzene rings is 1. The van der Waals surface area contributed by atoms with Gasteiger partial charge >= 0.3 is 5.97 Å². The second kappa shape index (κ2) is 5.64. The van der Waals surface area contributed by atoms with Crippen molar-refractivity contribution >= 4 is 11.7 Å². The van der Waals surface area contributed by atoms with Crippen molar-refractivity contribution < 1.29 is 23.4 Å². The number of ether oxygens (including phenoxy) is 1. The Hall–Kier alpha value is -2.50. The van der Waals surface area contributed by atoms with Gasteiger partial charge < -0.3 is 19.6 Å². The minimum absolute atomic E-state index is 0.111. The standard InChI is InChI=1S/C14H14FNO4/c1-8-9(5-13(20-8)14(17)18)7-16-10-3-4-12(19-2)11(15)6-10/h3-6,16H,7H2,1-2H3,(H,17,18). The zero-order valence-corrected chi connectivity index (χ0v) is 11.1. The van der Waals surface area contributed by atoms with E-state index >= 15 is 0 Å². The number of carboxylic acids is 1. The lowest BCUT2D eigenvalue weighted by Crippen LogP contribution is -2.00. The van der Waals surface area contributed by atoms with E-state index in [0.717, 1.165) is 0 Å². The Kier molecular flexibility index (Phi) is 3.93. The van der Waals surface area contributed by atoms with Gasteiger partial charge in [-0.15, -0.1) is 0 Å². The maximum absolute atomic E-state index is 13.5. The van der Waals surface area contributed by atoms with Crippen LogP contribution in [-0.4, -0.2) is 18.2 Å². The molecule has 2 aromatic rings. The smallest absolute Gasteiger partial charge is 0.371 e. The van der Waals surface area contributed by atoms with E-state index in [0.29, 0.717) is 23.6 Å². The van der Waals surface area contributed by atoms with Crippen LogP contribution in [0.3, 0.4) is 0 Å². The molecule has 1 heterocycles. The van der Waals surface area contributed by atoms with Crippen molar-refractivity contribution in [1.29, 1.82) is 0 Å². The van der Waals surface area contributed by atoms with Crippen molar-refractivity contribution in [3.63, 3.8) is 0 Å². The maximum Gasteiger partial charge on any atom is 0.371 e. The second-order valence-electron chi connectivity index (χ2n) is 4.20. The molecule has 20 heavy (non-hydrogen) atoms. The Morgan fingerprint density at radius 2 is 2.20 bits per heavy atom. The summed E-state index contributed by atoms with van der Waals surface area (Å²) in [5.41, 5.74) is 1.28. The molecule has 0 saturated carbocycles. The average molecular weight is 279 g/mol. The van der Waals surface area contributed by atoms with Crippen LogP contribution in [0.15, 0.2) is 28.7 Å². The van der Waals surface area contributed by atoms with Gasteiger partial charge in [0.05, 0.1) is 7.11 Å². The van der Waals surface area contributed by atoms with E-state index in [2.05, 4.69) is 5.32 Å². The van der Waals surface area contributed by atoms with E-state index in [4.69, 9.17) is 14.3 Å². The predicted octanol–water partition coefficient (Wildman–Crippen LogP) is 3.05. The number of aryl methyl sites for hydroxylation is 1. The SMILES string of the molecule is COc1ccc(NCc2cc(C(=O)O)oc2C)cc1F. The molecule has 0 unspecified atom stereocenters. The van der Waals surface area contributed by atoms with Gasteiger partial charge in [0.2, 0.25) is 5.76 Å². The summed E-state index contributed by atoms with van der Waals surface area (Å²) in [5.74, 6) is -1.00. The van der Waals surface area contributed by atoms with Crippen LogP contribution in [-0.2, 0) is 6.54 Å². The van der Waals surface area contributed by atoms with Gasteiger partial charge in [-0.25, -0.2) is 9.18 Å². The summed E-state index contributed by atoms with van der Waals surface area (Å²) in [5, 5.41) is 11.8. The third-order valence-electron chi connectivity index (χ3n) is 2.87. The highest BCUT2D eigenvalue weighted by molar-refractivity contribution is 5.84. The summed E-state index contributed by atoms with van der Waals surface area (Å²) in [6, 6.07) is 5.95. The van der Waals surface area contributed by atoms with Crippen LogP contribution in [0, 0.1) is 12.7 Å². The predicted molar refractivity (Wildman–Crippen MR) is 70.7 cm³/mol. The molecule has 0 aliphatic rings. The van der Waals surface area contributed by atoms with Gasteiger partial charge in [-0.3, -0.25) is 0 Å². The van der Waals surface area contributed by atoms with E-state index in [1.54, 1.807) is 13.0 Å². The number of aromatic carboxylic acids is 1. The fraction of sp³-hybridized carbons (Fsp3) is 0.214. The first-order valence-electron chi connectivity index (χ1n) is 5.91. The quantitative estimate of drug-likeness (QED) is 0.880. The first-order chi connectivity index (χ1) is 9.51. The third kappa shape index (κ3) is 2.90. The fourth-order valence-corrected chi connectivity index (χ4v) is 1.77. The number of rotatable bonds is 5. The highest BCUT2D eigenvalue weighted by Gasteiger charge is 2.13. The lowest BCUT2D eigenvalue weighted by atomic mass is 10.2. The molecule has 0 amide bonds. The number of carboxylic acid groups (broad SMARTS) is 1. The van der Waals surface area contributed by atoms with Crippen LogP contribution in [0.25, 0.3) is 0 Å². The van der Waals surface area contributed by atoms with Crippen LogP contribution in [0.4, 0.5) is 10.1 Å². The average Bonchev–Trinajstić information content (AvgIpc) is 2.78. The van der Waals surface area contributed by atoms with Crippen molar-refractivity contribution in [1.82, 2.24) is 0 Å². The van der Waals surface area contributed by atoms with Crippen molar-refractivity contribution in [3.05, 3.63) is 47.2 Å². The van der Waals surface area contributed by atoms with Crippen LogP contribution in [0.5, 0.6) is 5.75 Å². The van der Waals surface area contributed by atoms with Crippen LogP contribution >= 0.6 is 0 Å². The molecule has 0 aliphatic heterocycles. The molecule has 0 aliphatic carbocycles. The molecule has 2 N–H and O–H groups in total. The molecule has 5 nitrogen and oxygen atoms in total. The molecular formula is C14H14FNO4. The van der Waals surface area contributed by atoms with Gasteiger partial charge in [-0.2, -0.15) is 0 Å². The number of hydrogen-bond acceptors (Lipinski definition) is 4. The number of furan rings is 1. The number of hydrogen-bond donors (Lipinski definition) is 2. The topological polar surface area (TPSA) is 71.7 Å². The van der Waals surface area contributed by atoms with E-state index in [9.17, 15) is 9.18 Å². The largest absolute Gasteiger partial charge is 0.494 e. The van der Waals surface area contributed by atoms with E-state index in [-0.39, 0.29) is 11.5 Å². The van der Waals surface area contributed by atoms with Gasteiger partial charge in [0.15, 0.2) is 11.6 Å². The first kappa shape index (κ1) is 13.9. The maximum atomic E-state index is 13.5. The molecule has 0 fully saturated rings. The molecule has 0 spiro atoms. The summed E-state index contributed by atoms with van der Waals surface area (Å²) in [4.78, 5) is 10.8. The zero-order chi connectivity index (χ0) is 14.7. The van der Waals surface area contributed by atoms with Crippen molar-refractivity contribution in [2.24, 2.45) is 0 Å². The van der Waals surface area contributed by atoms with Gasteiger partial charge in [-0.1, -0.05) is 0 Å². The highest BCUT2D eigenvalue weighted by atomic mass is 19.1. The molecule has 1 aromatic carbocycles. The van der Waals surface area contributed by atoms with Crippen LogP contribution in [0.2, 0.25) is 0 Å². The molecule has 0 radical (unpaired) electrons. The number of carbonyl (C=O) groups is 1. The van der Waals surface area contributed by atoms with Crippen LogP contribution < -0.4 is 10.1 Å². The minimum atomic E-state index is -1.12. The molecular weight excluding hydrogens is 265 g/mol. The molecule has 0 bridgehead atoms. The molecule has 0 atom stereocenters. The van der Waals surface area contributed by atoms with E-state index < -0.39 is 11.8 Å². The van der Waals surface area contributed by atoms with Gasteiger partial charge in [0, 0.05) is 23.9 Å². The van der Waals surface area contributed by atoms with Crippen LogP contribution in [0.1, 0.15) is 21.9 Å². The van der Waals surface area contributed by atoms with Crippen molar-refractivity contribution in [2.75, 3.05) is 12.4 Å². The molecule has 1 aromatic heterocycles. The van der Waals surface area contributed by atoms with Gasteiger partial charge in [0.25, 0.3) is 0 Å². The van der Waals surface area contributed by atoms with E-state index in [1.807, 2.05) is 0 Å². The normalized spacial score (nSPS) is 10.3. The molecule has 106 valence electrons. The number of halogens is 1. The second-order valence-corrected chi connectivity index (χ2v) is 4.20. The molecule has 2 rings (SSSR count). The number of nitrogens with one attached hydrogen (secondary N) is 1. The van der Waals surface area contributed by atoms with Crippen molar-refractivity contribution in [2.45, 2.75) is 13.5 Å². The third-order valence-corrected chi connectivity index (χ3v) is 2.87. The zero-order valence-electron chi connectivity index (χ0n) is 11.1. The van der Waals surface area contributed by atoms with E-state index in [1.165, 1.54) is 25.3 Å². The molecule has 6 heteroatoms. The lowest BCUT2D eigenvalue weighted by molar-refractivity contribution is 0.0661. The Labute approximate surface area is 115 Å². The summed E-state index contributed by atoms with van der Waals surface area (Å²) in [6.45, 7) is 2.02. The Morgan fingerprint density at radius 3 is 2.75 bits per heavy atom. The monoisotopic (exact) mass is 279 g/mol. The first-order valence-corrected chi connectivity index (χ1v) is 5.91. The summed E-state index contributed by atoms with van der Waals surface area (Å²) >= 11 is 0. The van der Waals surface area contributed by atoms with Crippen molar-refractivity contribution in [3.8, 4) is 5.75 Å². The van der Waals surface area contributed by atoms with Gasteiger partial charge in [0.1, 0.15) is 5.76 Å². The highest BCUT2D eigenvalue weighted by Crippen LogP contribution is 2.22. The number of methoxy groups -OCH3 is 1. The molecule has 0 saturated heterocycles.